The summed E-state index contributed by atoms with van der Waals surface area (Å²) in [5.41, 5.74) is -0.418. The number of nitro benzene ring substituents is 1. The molecule has 0 aliphatic rings. The molecule has 0 fully saturated rings. The summed E-state index contributed by atoms with van der Waals surface area (Å²) in [6.07, 6.45) is 2.19. The molecule has 0 spiro atoms. The second kappa shape index (κ2) is 7.66. The topological polar surface area (TPSA) is 113 Å². The van der Waals surface area contributed by atoms with Gasteiger partial charge in [-0.3, -0.25) is 10.1 Å². The van der Waals surface area contributed by atoms with Gasteiger partial charge in [0.15, 0.2) is 0 Å². The first-order chi connectivity index (χ1) is 9.47. The summed E-state index contributed by atoms with van der Waals surface area (Å²) in [6, 6.07) is 2.09. The van der Waals surface area contributed by atoms with Crippen LogP contribution in [0.15, 0.2) is 12.1 Å². The van der Waals surface area contributed by atoms with Crippen molar-refractivity contribution in [3.8, 4) is 0 Å². The fourth-order valence-electron chi connectivity index (χ4n) is 1.67. The molecule has 0 aliphatic carbocycles. The molecule has 1 aromatic rings. The normalized spacial score (nSPS) is 10.3. The summed E-state index contributed by atoms with van der Waals surface area (Å²) < 4.78 is 0. The monoisotopic (exact) mass is 302 g/mol. The molecule has 0 saturated heterocycles. The standard InChI is InChI=1S/C12H15ClN2O5/c13-10-7-8(15(19)20)6-9(12(17)18)11(10)14-4-2-1-3-5-16/h6-7,14,16H,1-5H2,(H,17,18). The van der Waals surface area contributed by atoms with Crippen LogP contribution >= 0.6 is 11.6 Å². The summed E-state index contributed by atoms with van der Waals surface area (Å²) in [6.45, 7) is 0.580. The molecule has 0 atom stereocenters. The van der Waals surface area contributed by atoms with E-state index < -0.39 is 10.9 Å². The molecule has 110 valence electrons. The van der Waals surface area contributed by atoms with Crippen molar-refractivity contribution in [3.05, 3.63) is 32.8 Å². The Morgan fingerprint density at radius 1 is 1.35 bits per heavy atom. The van der Waals surface area contributed by atoms with E-state index in [0.29, 0.717) is 13.0 Å². The van der Waals surface area contributed by atoms with E-state index >= 15 is 0 Å². The second-order valence-corrected chi connectivity index (χ2v) is 4.53. The van der Waals surface area contributed by atoms with Crippen molar-refractivity contribution < 1.29 is 19.9 Å². The van der Waals surface area contributed by atoms with E-state index in [-0.39, 0.29) is 28.6 Å². The summed E-state index contributed by atoms with van der Waals surface area (Å²) >= 11 is 5.89. The van der Waals surface area contributed by atoms with Gasteiger partial charge < -0.3 is 15.5 Å². The zero-order valence-corrected chi connectivity index (χ0v) is 11.4. The van der Waals surface area contributed by atoms with E-state index in [2.05, 4.69) is 5.32 Å². The van der Waals surface area contributed by atoms with Crippen molar-refractivity contribution in [1.29, 1.82) is 0 Å². The number of nitrogens with zero attached hydrogens (tertiary/aromatic N) is 1. The minimum atomic E-state index is -1.28. The second-order valence-electron chi connectivity index (χ2n) is 4.12. The predicted octanol–water partition coefficient (Wildman–Crippen LogP) is 2.52. The lowest BCUT2D eigenvalue weighted by atomic mass is 10.1. The molecular formula is C12H15ClN2O5. The smallest absolute Gasteiger partial charge is 0.338 e. The lowest BCUT2D eigenvalue weighted by molar-refractivity contribution is -0.384. The molecule has 0 bridgehead atoms. The van der Waals surface area contributed by atoms with Gasteiger partial charge in [-0.1, -0.05) is 11.6 Å². The van der Waals surface area contributed by atoms with Crippen LogP contribution in [0.1, 0.15) is 29.6 Å². The van der Waals surface area contributed by atoms with Gasteiger partial charge in [0.1, 0.15) is 0 Å². The number of anilines is 1. The largest absolute Gasteiger partial charge is 0.478 e. The molecule has 0 heterocycles. The highest BCUT2D eigenvalue weighted by molar-refractivity contribution is 6.34. The Bertz CT molecular complexity index is 507. The number of aliphatic hydroxyl groups excluding tert-OH is 1. The third-order valence-corrected chi connectivity index (χ3v) is 2.95. The van der Waals surface area contributed by atoms with Crippen molar-refractivity contribution in [3.63, 3.8) is 0 Å². The number of rotatable bonds is 8. The van der Waals surface area contributed by atoms with Gasteiger partial charge in [0.25, 0.3) is 5.69 Å². The maximum Gasteiger partial charge on any atom is 0.338 e. The van der Waals surface area contributed by atoms with E-state index in [1.165, 1.54) is 0 Å². The SMILES string of the molecule is O=C(O)c1cc([N+](=O)[O-])cc(Cl)c1NCCCCCO. The van der Waals surface area contributed by atoms with Crippen LogP contribution < -0.4 is 5.32 Å². The molecule has 0 amide bonds. The fraction of sp³-hybridized carbons (Fsp3) is 0.417. The Kier molecular flexibility index (Phi) is 6.20. The Balaban J connectivity index is 2.88. The van der Waals surface area contributed by atoms with E-state index in [4.69, 9.17) is 21.8 Å². The van der Waals surface area contributed by atoms with Gasteiger partial charge in [-0.05, 0) is 19.3 Å². The summed E-state index contributed by atoms with van der Waals surface area (Å²) in [5.74, 6) is -1.28. The van der Waals surface area contributed by atoms with E-state index in [1.54, 1.807) is 0 Å². The van der Waals surface area contributed by atoms with Crippen molar-refractivity contribution in [2.45, 2.75) is 19.3 Å². The van der Waals surface area contributed by atoms with E-state index in [1.807, 2.05) is 0 Å². The number of hydrogen-bond acceptors (Lipinski definition) is 5. The molecule has 1 aromatic carbocycles. The number of aromatic carboxylic acids is 1. The van der Waals surface area contributed by atoms with Crippen LogP contribution in [0.4, 0.5) is 11.4 Å². The van der Waals surface area contributed by atoms with E-state index in [0.717, 1.165) is 25.0 Å². The van der Waals surface area contributed by atoms with Gasteiger partial charge in [0.2, 0.25) is 0 Å². The average molecular weight is 303 g/mol. The molecule has 0 radical (unpaired) electrons. The quantitative estimate of drug-likeness (QED) is 0.386. The number of benzene rings is 1. The van der Waals surface area contributed by atoms with Gasteiger partial charge >= 0.3 is 5.97 Å². The maximum absolute atomic E-state index is 11.1. The number of hydrogen-bond donors (Lipinski definition) is 3. The molecule has 0 aliphatic heterocycles. The molecule has 20 heavy (non-hydrogen) atoms. The fourth-order valence-corrected chi connectivity index (χ4v) is 1.95. The number of halogens is 1. The number of nitrogens with one attached hydrogen (secondary N) is 1. The Labute approximate surface area is 120 Å². The van der Waals surface area contributed by atoms with Gasteiger partial charge in [-0.15, -0.1) is 0 Å². The van der Waals surface area contributed by atoms with Crippen molar-refractivity contribution >= 4 is 28.9 Å². The molecule has 0 aromatic heterocycles. The molecule has 3 N–H and O–H groups in total. The molecular weight excluding hydrogens is 288 g/mol. The van der Waals surface area contributed by atoms with Crippen molar-refractivity contribution in [2.24, 2.45) is 0 Å². The number of nitro groups is 1. The third-order valence-electron chi connectivity index (χ3n) is 2.65. The van der Waals surface area contributed by atoms with Crippen LogP contribution in [0.3, 0.4) is 0 Å². The summed E-state index contributed by atoms with van der Waals surface area (Å²) in [5, 5.41) is 31.3. The zero-order valence-electron chi connectivity index (χ0n) is 10.6. The molecule has 8 heteroatoms. The zero-order chi connectivity index (χ0) is 15.1. The lowest BCUT2D eigenvalue weighted by Gasteiger charge is -2.11. The molecule has 7 nitrogen and oxygen atoms in total. The Morgan fingerprint density at radius 3 is 2.60 bits per heavy atom. The van der Waals surface area contributed by atoms with Crippen LogP contribution in [0, 0.1) is 10.1 Å². The van der Waals surface area contributed by atoms with Crippen LogP contribution in [0.5, 0.6) is 0 Å². The first-order valence-electron chi connectivity index (χ1n) is 6.03. The van der Waals surface area contributed by atoms with Gasteiger partial charge in [-0.2, -0.15) is 0 Å². The first-order valence-corrected chi connectivity index (χ1v) is 6.41. The van der Waals surface area contributed by atoms with Gasteiger partial charge in [0.05, 0.1) is 21.2 Å². The Hall–Kier alpha value is -1.86. The highest BCUT2D eigenvalue weighted by atomic mass is 35.5. The number of carboxylic acid groups (broad SMARTS) is 1. The van der Waals surface area contributed by atoms with Crippen molar-refractivity contribution in [1.82, 2.24) is 0 Å². The number of non-ortho nitro benzene ring substituents is 1. The molecule has 0 saturated carbocycles. The summed E-state index contributed by atoms with van der Waals surface area (Å²) in [7, 11) is 0. The third kappa shape index (κ3) is 4.36. The number of aliphatic hydroxyl groups is 1. The highest BCUT2D eigenvalue weighted by Crippen LogP contribution is 2.31. The lowest BCUT2D eigenvalue weighted by Crippen LogP contribution is -2.09. The summed E-state index contributed by atoms with van der Waals surface area (Å²) in [4.78, 5) is 21.1. The first kappa shape index (κ1) is 16.2. The number of carboxylic acids is 1. The number of unbranched alkanes of at least 4 members (excludes halogenated alkanes) is 2. The van der Waals surface area contributed by atoms with Crippen LogP contribution in [-0.4, -0.2) is 34.3 Å². The Morgan fingerprint density at radius 2 is 2.05 bits per heavy atom. The minimum Gasteiger partial charge on any atom is -0.478 e. The average Bonchev–Trinajstić information content (AvgIpc) is 2.39. The van der Waals surface area contributed by atoms with Crippen LogP contribution in [0.2, 0.25) is 5.02 Å². The van der Waals surface area contributed by atoms with Crippen molar-refractivity contribution in [2.75, 3.05) is 18.5 Å². The predicted molar refractivity (Wildman–Crippen MR) is 74.5 cm³/mol. The highest BCUT2D eigenvalue weighted by Gasteiger charge is 2.19. The van der Waals surface area contributed by atoms with Gasteiger partial charge in [0, 0.05) is 25.3 Å². The van der Waals surface area contributed by atoms with Crippen LogP contribution in [-0.2, 0) is 0 Å². The maximum atomic E-state index is 11.1. The van der Waals surface area contributed by atoms with E-state index in [9.17, 15) is 14.9 Å². The van der Waals surface area contributed by atoms with Gasteiger partial charge in [-0.25, -0.2) is 4.79 Å². The van der Waals surface area contributed by atoms with Crippen LogP contribution in [0.25, 0.3) is 0 Å². The number of carbonyl (C=O) groups is 1. The molecule has 0 unspecified atom stereocenters. The minimum absolute atomic E-state index is 0.00115. The molecule has 1 rings (SSSR count).